The monoisotopic (exact) mass is 450 g/mol. The van der Waals surface area contributed by atoms with E-state index in [9.17, 15) is 18.3 Å². The SMILES string of the molecule is OCc1cccc(C(F)(F)F)c1-n1cccc1CN(Cc1ccccc1)Cc1ccccc1. The van der Waals surface area contributed by atoms with Crippen LogP contribution in [0.3, 0.4) is 0 Å². The van der Waals surface area contributed by atoms with E-state index in [1.165, 1.54) is 12.1 Å². The first-order chi connectivity index (χ1) is 16.0. The number of benzene rings is 3. The molecule has 1 N–H and O–H groups in total. The number of halogens is 3. The molecule has 4 aromatic rings. The number of alkyl halides is 3. The van der Waals surface area contributed by atoms with Crippen molar-refractivity contribution >= 4 is 0 Å². The standard InChI is InChI=1S/C27H25F3N2O/c28-27(29,30)25-15-7-13-23(20-33)26(25)32-16-8-14-24(32)19-31(17-21-9-3-1-4-10-21)18-22-11-5-2-6-12-22/h1-16,33H,17-20H2. The van der Waals surface area contributed by atoms with Crippen LogP contribution in [-0.2, 0) is 32.4 Å². The first kappa shape index (κ1) is 22.8. The lowest BCUT2D eigenvalue weighted by Crippen LogP contribution is -2.24. The molecule has 0 atom stereocenters. The van der Waals surface area contributed by atoms with Gasteiger partial charge in [-0.05, 0) is 29.3 Å². The average Bonchev–Trinajstić information content (AvgIpc) is 3.27. The number of aliphatic hydroxyl groups excluding tert-OH is 1. The number of aromatic nitrogens is 1. The van der Waals surface area contributed by atoms with Gasteiger partial charge in [0.2, 0.25) is 0 Å². The van der Waals surface area contributed by atoms with Crippen molar-refractivity contribution in [3.05, 3.63) is 125 Å². The maximum atomic E-state index is 13.8. The van der Waals surface area contributed by atoms with E-state index in [1.807, 2.05) is 66.7 Å². The maximum absolute atomic E-state index is 13.8. The highest BCUT2D eigenvalue weighted by atomic mass is 19.4. The van der Waals surface area contributed by atoms with Crippen molar-refractivity contribution in [2.24, 2.45) is 0 Å². The van der Waals surface area contributed by atoms with E-state index in [4.69, 9.17) is 0 Å². The van der Waals surface area contributed by atoms with Crippen LogP contribution in [0.1, 0.15) is 27.9 Å². The molecule has 1 aromatic heterocycles. The number of hydrogen-bond donors (Lipinski definition) is 1. The van der Waals surface area contributed by atoms with Gasteiger partial charge in [-0.25, -0.2) is 0 Å². The number of aliphatic hydroxyl groups is 1. The minimum atomic E-state index is -4.53. The van der Waals surface area contributed by atoms with Crippen LogP contribution < -0.4 is 0 Å². The third-order valence-corrected chi connectivity index (χ3v) is 5.55. The number of hydrogen-bond acceptors (Lipinski definition) is 2. The summed E-state index contributed by atoms with van der Waals surface area (Å²) in [6.07, 6.45) is -2.90. The molecule has 0 radical (unpaired) electrons. The average molecular weight is 451 g/mol. The third kappa shape index (κ3) is 5.53. The molecule has 0 aliphatic rings. The molecule has 0 aliphatic heterocycles. The van der Waals surface area contributed by atoms with Crippen molar-refractivity contribution in [1.82, 2.24) is 9.47 Å². The fraction of sp³-hybridized carbons (Fsp3) is 0.185. The van der Waals surface area contributed by atoms with Crippen molar-refractivity contribution in [3.8, 4) is 5.69 Å². The summed E-state index contributed by atoms with van der Waals surface area (Å²) in [5.41, 5.74) is 2.42. The first-order valence-corrected chi connectivity index (χ1v) is 10.7. The van der Waals surface area contributed by atoms with Crippen LogP contribution >= 0.6 is 0 Å². The van der Waals surface area contributed by atoms with Gasteiger partial charge in [-0.2, -0.15) is 13.2 Å². The summed E-state index contributed by atoms with van der Waals surface area (Å²) in [6, 6.07) is 27.5. The molecule has 0 aliphatic carbocycles. The molecule has 33 heavy (non-hydrogen) atoms. The smallest absolute Gasteiger partial charge is 0.392 e. The van der Waals surface area contributed by atoms with Crippen molar-refractivity contribution in [3.63, 3.8) is 0 Å². The van der Waals surface area contributed by atoms with Gasteiger partial charge in [0, 0.05) is 37.1 Å². The molecule has 0 amide bonds. The van der Waals surface area contributed by atoms with E-state index in [0.29, 0.717) is 25.3 Å². The molecule has 6 heteroatoms. The second-order valence-corrected chi connectivity index (χ2v) is 7.96. The minimum absolute atomic E-state index is 0.0214. The molecule has 0 saturated heterocycles. The van der Waals surface area contributed by atoms with E-state index in [2.05, 4.69) is 4.90 Å². The largest absolute Gasteiger partial charge is 0.418 e. The second kappa shape index (κ2) is 10.1. The van der Waals surface area contributed by atoms with Crippen LogP contribution in [0.4, 0.5) is 13.2 Å². The Bertz CT molecular complexity index is 1130. The molecule has 3 aromatic carbocycles. The fourth-order valence-electron chi connectivity index (χ4n) is 4.08. The summed E-state index contributed by atoms with van der Waals surface area (Å²) in [7, 11) is 0. The summed E-state index contributed by atoms with van der Waals surface area (Å²) >= 11 is 0. The highest BCUT2D eigenvalue weighted by molar-refractivity contribution is 5.51. The zero-order valence-electron chi connectivity index (χ0n) is 18.0. The van der Waals surface area contributed by atoms with E-state index < -0.39 is 18.3 Å². The highest BCUT2D eigenvalue weighted by Crippen LogP contribution is 2.36. The molecule has 170 valence electrons. The normalized spacial score (nSPS) is 11.8. The molecular formula is C27H25F3N2O. The second-order valence-electron chi connectivity index (χ2n) is 7.96. The molecule has 4 rings (SSSR count). The van der Waals surface area contributed by atoms with Crippen LogP contribution in [0.5, 0.6) is 0 Å². The van der Waals surface area contributed by atoms with E-state index >= 15 is 0 Å². The Labute approximate surface area is 191 Å². The summed E-state index contributed by atoms with van der Waals surface area (Å²) < 4.78 is 43.0. The summed E-state index contributed by atoms with van der Waals surface area (Å²) in [6.45, 7) is 1.26. The van der Waals surface area contributed by atoms with Crippen molar-refractivity contribution in [1.29, 1.82) is 0 Å². The lowest BCUT2D eigenvalue weighted by molar-refractivity contribution is -0.137. The molecule has 0 spiro atoms. The van der Waals surface area contributed by atoms with Crippen LogP contribution in [-0.4, -0.2) is 14.6 Å². The Hall–Kier alpha value is -3.35. The van der Waals surface area contributed by atoms with Crippen LogP contribution in [0.2, 0.25) is 0 Å². The van der Waals surface area contributed by atoms with Gasteiger partial charge in [-0.3, -0.25) is 4.90 Å². The zero-order chi connectivity index (χ0) is 23.3. The van der Waals surface area contributed by atoms with Gasteiger partial charge in [-0.15, -0.1) is 0 Å². The lowest BCUT2D eigenvalue weighted by atomic mass is 10.1. The molecule has 0 bridgehead atoms. The topological polar surface area (TPSA) is 28.4 Å². The lowest BCUT2D eigenvalue weighted by Gasteiger charge is -2.25. The van der Waals surface area contributed by atoms with Crippen molar-refractivity contribution in [2.45, 2.75) is 32.4 Å². The molecule has 0 saturated carbocycles. The van der Waals surface area contributed by atoms with Crippen molar-refractivity contribution < 1.29 is 18.3 Å². The van der Waals surface area contributed by atoms with E-state index in [1.54, 1.807) is 16.8 Å². The molecular weight excluding hydrogens is 425 g/mol. The van der Waals surface area contributed by atoms with Gasteiger partial charge in [0.25, 0.3) is 0 Å². The predicted octanol–water partition coefficient (Wildman–Crippen LogP) is 6.19. The minimum Gasteiger partial charge on any atom is -0.392 e. The third-order valence-electron chi connectivity index (χ3n) is 5.55. The fourth-order valence-corrected chi connectivity index (χ4v) is 4.08. The van der Waals surface area contributed by atoms with Gasteiger partial charge < -0.3 is 9.67 Å². The van der Waals surface area contributed by atoms with Gasteiger partial charge in [0.15, 0.2) is 0 Å². The quantitative estimate of drug-likeness (QED) is 0.347. The highest BCUT2D eigenvalue weighted by Gasteiger charge is 2.35. The number of para-hydroxylation sites is 1. The van der Waals surface area contributed by atoms with Crippen molar-refractivity contribution in [2.75, 3.05) is 0 Å². The number of rotatable bonds is 8. The molecule has 1 heterocycles. The maximum Gasteiger partial charge on any atom is 0.418 e. The van der Waals surface area contributed by atoms with E-state index in [-0.39, 0.29) is 11.3 Å². The molecule has 0 unspecified atom stereocenters. The van der Waals surface area contributed by atoms with Gasteiger partial charge in [0.1, 0.15) is 0 Å². The summed E-state index contributed by atoms with van der Waals surface area (Å²) in [4.78, 5) is 2.20. The summed E-state index contributed by atoms with van der Waals surface area (Å²) in [5.74, 6) is 0. The predicted molar refractivity (Wildman–Crippen MR) is 123 cm³/mol. The van der Waals surface area contributed by atoms with Crippen LogP contribution in [0, 0.1) is 0 Å². The molecule has 3 nitrogen and oxygen atoms in total. The number of nitrogens with zero attached hydrogens (tertiary/aromatic N) is 2. The van der Waals surface area contributed by atoms with Gasteiger partial charge >= 0.3 is 6.18 Å². The molecule has 0 fully saturated rings. The summed E-state index contributed by atoms with van der Waals surface area (Å²) in [5, 5.41) is 9.78. The Morgan fingerprint density at radius 1 is 0.697 bits per heavy atom. The van der Waals surface area contributed by atoms with E-state index in [0.717, 1.165) is 17.2 Å². The van der Waals surface area contributed by atoms with Gasteiger partial charge in [0.05, 0.1) is 17.9 Å². The van der Waals surface area contributed by atoms with Crippen LogP contribution in [0.15, 0.2) is 97.2 Å². The Kier molecular flexibility index (Phi) is 6.96. The Balaban J connectivity index is 1.71. The van der Waals surface area contributed by atoms with Crippen LogP contribution in [0.25, 0.3) is 5.69 Å². The Morgan fingerprint density at radius 3 is 1.85 bits per heavy atom. The Morgan fingerprint density at radius 2 is 1.30 bits per heavy atom. The first-order valence-electron chi connectivity index (χ1n) is 10.7. The van der Waals surface area contributed by atoms with Gasteiger partial charge in [-0.1, -0.05) is 72.8 Å². The zero-order valence-corrected chi connectivity index (χ0v) is 18.0.